The Morgan fingerprint density at radius 2 is 2.00 bits per heavy atom. The first kappa shape index (κ1) is 21.9. The maximum Gasteiger partial charge on any atom is 0.229 e. The second-order valence-corrected chi connectivity index (χ2v) is 9.31. The van der Waals surface area contributed by atoms with Gasteiger partial charge in [-0.3, -0.25) is 0 Å². The summed E-state index contributed by atoms with van der Waals surface area (Å²) in [6.45, 7) is 8.52. The smallest absolute Gasteiger partial charge is 0.229 e. The number of nitrogens with two attached hydrogens (primary N) is 1. The molecule has 5 rings (SSSR count). The number of aromatic nitrogens is 4. The SMILES string of the molecule is CC(C)n1cnc2c(NCc3ccccc3OC3CCNC3)nc(N3CCC(N)CC3)nc21. The van der Waals surface area contributed by atoms with Gasteiger partial charge in [0.05, 0.1) is 6.33 Å². The van der Waals surface area contributed by atoms with Gasteiger partial charge in [-0.15, -0.1) is 0 Å². The third kappa shape index (κ3) is 4.74. The van der Waals surface area contributed by atoms with Crippen LogP contribution in [0.4, 0.5) is 11.8 Å². The molecule has 0 amide bonds. The van der Waals surface area contributed by atoms with Crippen molar-refractivity contribution in [3.8, 4) is 5.75 Å². The summed E-state index contributed by atoms with van der Waals surface area (Å²) in [5, 5.41) is 6.90. The number of hydrogen-bond acceptors (Lipinski definition) is 8. The Morgan fingerprint density at radius 1 is 1.18 bits per heavy atom. The van der Waals surface area contributed by atoms with E-state index in [1.54, 1.807) is 0 Å². The molecule has 0 radical (unpaired) electrons. The number of hydrogen-bond donors (Lipinski definition) is 3. The normalized spacial score (nSPS) is 19.5. The number of nitrogens with zero attached hydrogens (tertiary/aromatic N) is 5. The molecular formula is C24H34N8O. The van der Waals surface area contributed by atoms with E-state index in [-0.39, 0.29) is 18.2 Å². The molecule has 3 aromatic rings. The number of benzene rings is 1. The Labute approximate surface area is 194 Å². The van der Waals surface area contributed by atoms with Crippen LogP contribution in [0.1, 0.15) is 44.7 Å². The maximum absolute atomic E-state index is 6.27. The number of fused-ring (bicyclic) bond motifs is 1. The second-order valence-electron chi connectivity index (χ2n) is 9.31. The molecule has 0 spiro atoms. The number of rotatable bonds is 7. The fourth-order valence-corrected chi connectivity index (χ4v) is 4.50. The van der Waals surface area contributed by atoms with Crippen molar-refractivity contribution in [1.29, 1.82) is 0 Å². The first-order valence-corrected chi connectivity index (χ1v) is 12.0. The zero-order valence-corrected chi connectivity index (χ0v) is 19.5. The lowest BCUT2D eigenvalue weighted by molar-refractivity contribution is 0.221. The molecule has 2 aromatic heterocycles. The summed E-state index contributed by atoms with van der Waals surface area (Å²) < 4.78 is 8.37. The molecule has 0 bridgehead atoms. The van der Waals surface area contributed by atoms with E-state index in [0.717, 1.165) is 79.7 Å². The topological polar surface area (TPSA) is 106 Å². The van der Waals surface area contributed by atoms with Crippen molar-refractivity contribution in [2.45, 2.75) is 57.8 Å². The van der Waals surface area contributed by atoms with E-state index < -0.39 is 0 Å². The molecule has 4 heterocycles. The minimum atomic E-state index is 0.218. The van der Waals surface area contributed by atoms with Gasteiger partial charge >= 0.3 is 0 Å². The molecular weight excluding hydrogens is 416 g/mol. The van der Waals surface area contributed by atoms with E-state index in [4.69, 9.17) is 20.4 Å². The van der Waals surface area contributed by atoms with Crippen LogP contribution in [-0.4, -0.2) is 57.8 Å². The molecule has 0 aliphatic carbocycles. The molecule has 176 valence electrons. The van der Waals surface area contributed by atoms with E-state index >= 15 is 0 Å². The molecule has 2 aliphatic heterocycles. The van der Waals surface area contributed by atoms with Crippen LogP contribution in [0.15, 0.2) is 30.6 Å². The lowest BCUT2D eigenvalue weighted by Gasteiger charge is -2.30. The largest absolute Gasteiger partial charge is 0.489 e. The number of anilines is 2. The minimum Gasteiger partial charge on any atom is -0.489 e. The molecule has 1 aromatic carbocycles. The van der Waals surface area contributed by atoms with Crippen molar-refractivity contribution in [3.05, 3.63) is 36.2 Å². The van der Waals surface area contributed by atoms with E-state index in [2.05, 4.69) is 45.0 Å². The summed E-state index contributed by atoms with van der Waals surface area (Å²) in [6, 6.07) is 8.73. The first-order chi connectivity index (χ1) is 16.1. The van der Waals surface area contributed by atoms with Crippen molar-refractivity contribution in [2.75, 3.05) is 36.4 Å². The highest BCUT2D eigenvalue weighted by molar-refractivity contribution is 5.84. The van der Waals surface area contributed by atoms with E-state index in [9.17, 15) is 0 Å². The van der Waals surface area contributed by atoms with E-state index in [1.165, 1.54) is 0 Å². The lowest BCUT2D eigenvalue weighted by atomic mass is 10.1. The number of piperidine rings is 1. The molecule has 0 saturated carbocycles. The molecule has 2 aliphatic rings. The Bertz CT molecular complexity index is 1080. The molecule has 4 N–H and O–H groups in total. The molecule has 2 fully saturated rings. The summed E-state index contributed by atoms with van der Waals surface area (Å²) in [4.78, 5) is 16.7. The molecule has 33 heavy (non-hydrogen) atoms. The Morgan fingerprint density at radius 3 is 2.76 bits per heavy atom. The van der Waals surface area contributed by atoms with Gasteiger partial charge in [0.2, 0.25) is 5.95 Å². The van der Waals surface area contributed by atoms with Gasteiger partial charge in [-0.2, -0.15) is 9.97 Å². The van der Waals surface area contributed by atoms with Crippen molar-refractivity contribution >= 4 is 22.9 Å². The third-order valence-corrected chi connectivity index (χ3v) is 6.52. The predicted octanol–water partition coefficient (Wildman–Crippen LogP) is 2.69. The standard InChI is InChI=1S/C24H34N8O/c1-16(2)32-15-28-21-22(29-24(30-23(21)32)31-11-8-18(25)9-12-31)27-13-17-5-3-4-6-20(17)33-19-7-10-26-14-19/h3-6,15-16,18-19,26H,7-14,25H2,1-2H3,(H,27,29,30). The quantitative estimate of drug-likeness (QED) is 0.505. The third-order valence-electron chi connectivity index (χ3n) is 6.52. The molecule has 2 saturated heterocycles. The van der Waals surface area contributed by atoms with Gasteiger partial charge in [0.1, 0.15) is 11.9 Å². The Hall–Kier alpha value is -2.91. The Balaban J connectivity index is 1.43. The zero-order valence-electron chi connectivity index (χ0n) is 19.5. The van der Waals surface area contributed by atoms with Crippen molar-refractivity contribution < 1.29 is 4.74 Å². The number of nitrogens with one attached hydrogen (secondary N) is 2. The van der Waals surface area contributed by atoms with Gasteiger partial charge in [-0.25, -0.2) is 4.98 Å². The van der Waals surface area contributed by atoms with Gasteiger partial charge in [0, 0.05) is 43.8 Å². The van der Waals surface area contributed by atoms with Gasteiger partial charge in [-0.1, -0.05) is 18.2 Å². The van der Waals surface area contributed by atoms with E-state index in [0.29, 0.717) is 6.54 Å². The molecule has 1 atom stereocenters. The minimum absolute atomic E-state index is 0.218. The van der Waals surface area contributed by atoms with Gasteiger partial charge in [0.25, 0.3) is 0 Å². The summed E-state index contributed by atoms with van der Waals surface area (Å²) in [5.41, 5.74) is 8.87. The molecule has 9 heteroatoms. The van der Waals surface area contributed by atoms with Crippen molar-refractivity contribution in [3.63, 3.8) is 0 Å². The highest BCUT2D eigenvalue weighted by Crippen LogP contribution is 2.28. The van der Waals surface area contributed by atoms with Crippen LogP contribution in [0.25, 0.3) is 11.2 Å². The highest BCUT2D eigenvalue weighted by Gasteiger charge is 2.22. The highest BCUT2D eigenvalue weighted by atomic mass is 16.5. The summed E-state index contributed by atoms with van der Waals surface area (Å²) in [6.07, 6.45) is 5.01. The van der Waals surface area contributed by atoms with Crippen LogP contribution in [0, 0.1) is 0 Å². The average Bonchev–Trinajstić information content (AvgIpc) is 3.48. The molecule has 9 nitrogen and oxygen atoms in total. The summed E-state index contributed by atoms with van der Waals surface area (Å²) >= 11 is 0. The fourth-order valence-electron chi connectivity index (χ4n) is 4.50. The average molecular weight is 451 g/mol. The first-order valence-electron chi connectivity index (χ1n) is 12.0. The number of imidazole rings is 1. The van der Waals surface area contributed by atoms with Crippen LogP contribution in [0.2, 0.25) is 0 Å². The molecule has 1 unspecified atom stereocenters. The Kier molecular flexibility index (Phi) is 6.32. The van der Waals surface area contributed by atoms with Crippen LogP contribution < -0.4 is 26.0 Å². The van der Waals surface area contributed by atoms with Gasteiger partial charge < -0.3 is 30.6 Å². The van der Waals surface area contributed by atoms with Gasteiger partial charge in [-0.05, 0) is 45.7 Å². The predicted molar refractivity (Wildman–Crippen MR) is 131 cm³/mol. The lowest BCUT2D eigenvalue weighted by Crippen LogP contribution is -2.40. The van der Waals surface area contributed by atoms with Crippen molar-refractivity contribution in [1.82, 2.24) is 24.8 Å². The van der Waals surface area contributed by atoms with Crippen LogP contribution in [-0.2, 0) is 6.54 Å². The van der Waals surface area contributed by atoms with Crippen LogP contribution in [0.5, 0.6) is 5.75 Å². The number of para-hydroxylation sites is 1. The number of ether oxygens (including phenoxy) is 1. The van der Waals surface area contributed by atoms with Crippen molar-refractivity contribution in [2.24, 2.45) is 5.73 Å². The van der Waals surface area contributed by atoms with Crippen LogP contribution >= 0.6 is 0 Å². The monoisotopic (exact) mass is 450 g/mol. The summed E-state index contributed by atoms with van der Waals surface area (Å²) in [5.74, 6) is 2.41. The maximum atomic E-state index is 6.27. The summed E-state index contributed by atoms with van der Waals surface area (Å²) in [7, 11) is 0. The second kappa shape index (κ2) is 9.52. The van der Waals surface area contributed by atoms with Crippen LogP contribution in [0.3, 0.4) is 0 Å². The fraction of sp³-hybridized carbons (Fsp3) is 0.542. The van der Waals surface area contributed by atoms with E-state index in [1.807, 2.05) is 24.5 Å². The van der Waals surface area contributed by atoms with Gasteiger partial charge in [0.15, 0.2) is 17.0 Å². The zero-order chi connectivity index (χ0) is 22.8.